The molecule has 21 heavy (non-hydrogen) atoms. The van der Waals surface area contributed by atoms with Crippen molar-refractivity contribution in [3.05, 3.63) is 39.7 Å². The maximum atomic E-state index is 12.0. The van der Waals surface area contributed by atoms with Gasteiger partial charge in [-0.15, -0.1) is 11.3 Å². The predicted octanol–water partition coefficient (Wildman–Crippen LogP) is 1.86. The van der Waals surface area contributed by atoms with Crippen LogP contribution in [0.2, 0.25) is 0 Å². The highest BCUT2D eigenvalue weighted by molar-refractivity contribution is 7.11. The van der Waals surface area contributed by atoms with Crippen LogP contribution in [0.1, 0.15) is 21.3 Å². The zero-order valence-electron chi connectivity index (χ0n) is 12.3. The summed E-state index contributed by atoms with van der Waals surface area (Å²) in [4.78, 5) is 17.3. The van der Waals surface area contributed by atoms with Crippen LogP contribution in [0.3, 0.4) is 0 Å². The Morgan fingerprint density at radius 3 is 2.90 bits per heavy atom. The molecule has 1 atom stereocenters. The number of nitrogens with zero attached hydrogens (tertiary/aromatic N) is 1. The van der Waals surface area contributed by atoms with E-state index in [2.05, 4.69) is 10.3 Å². The van der Waals surface area contributed by atoms with E-state index in [1.54, 1.807) is 17.6 Å². The van der Waals surface area contributed by atoms with Gasteiger partial charge in [-0.1, -0.05) is 0 Å². The highest BCUT2D eigenvalue weighted by Gasteiger charge is 2.14. The summed E-state index contributed by atoms with van der Waals surface area (Å²) in [6, 6.07) is 3.69. The molecule has 2 rings (SSSR count). The van der Waals surface area contributed by atoms with E-state index in [9.17, 15) is 9.90 Å². The SMILES string of the molecule is Cc1nc(C)c(CC(=O)NC[C@@H](CO)Cc2ccco2)s1. The van der Waals surface area contributed by atoms with Gasteiger partial charge in [0.2, 0.25) is 5.91 Å². The molecule has 0 unspecified atom stereocenters. The lowest BCUT2D eigenvalue weighted by molar-refractivity contribution is -0.120. The second-order valence-corrected chi connectivity index (χ2v) is 6.34. The Morgan fingerprint density at radius 1 is 1.52 bits per heavy atom. The van der Waals surface area contributed by atoms with E-state index in [0.717, 1.165) is 21.3 Å². The number of aliphatic hydroxyl groups is 1. The highest BCUT2D eigenvalue weighted by atomic mass is 32.1. The first-order valence-electron chi connectivity index (χ1n) is 6.91. The van der Waals surface area contributed by atoms with Gasteiger partial charge in [-0.25, -0.2) is 4.98 Å². The largest absolute Gasteiger partial charge is 0.469 e. The fraction of sp³-hybridized carbons (Fsp3) is 0.467. The van der Waals surface area contributed by atoms with Crippen LogP contribution in [0.4, 0.5) is 0 Å². The Kier molecular flexibility index (Phi) is 5.52. The number of amides is 1. The number of carbonyl (C=O) groups excluding carboxylic acids is 1. The third-order valence-electron chi connectivity index (χ3n) is 3.24. The monoisotopic (exact) mass is 308 g/mol. The van der Waals surface area contributed by atoms with Crippen molar-refractivity contribution in [3.8, 4) is 0 Å². The molecule has 0 aliphatic rings. The number of hydrogen-bond acceptors (Lipinski definition) is 5. The van der Waals surface area contributed by atoms with E-state index < -0.39 is 0 Å². The first-order chi connectivity index (χ1) is 10.1. The highest BCUT2D eigenvalue weighted by Crippen LogP contribution is 2.17. The second-order valence-electron chi connectivity index (χ2n) is 5.05. The number of aryl methyl sites for hydroxylation is 2. The van der Waals surface area contributed by atoms with Crippen LogP contribution in [0.15, 0.2) is 22.8 Å². The van der Waals surface area contributed by atoms with E-state index in [1.165, 1.54) is 0 Å². The lowest BCUT2D eigenvalue weighted by Crippen LogP contribution is -2.32. The Morgan fingerprint density at radius 2 is 2.33 bits per heavy atom. The van der Waals surface area contributed by atoms with Crippen molar-refractivity contribution in [3.63, 3.8) is 0 Å². The van der Waals surface area contributed by atoms with Crippen LogP contribution >= 0.6 is 11.3 Å². The van der Waals surface area contributed by atoms with Crippen LogP contribution in [0.25, 0.3) is 0 Å². The molecular weight excluding hydrogens is 288 g/mol. The van der Waals surface area contributed by atoms with Crippen molar-refractivity contribution >= 4 is 17.2 Å². The number of thiazole rings is 1. The molecule has 2 heterocycles. The molecule has 0 aliphatic heterocycles. The normalized spacial score (nSPS) is 12.3. The maximum absolute atomic E-state index is 12.0. The molecule has 6 heteroatoms. The lowest BCUT2D eigenvalue weighted by Gasteiger charge is -2.13. The average molecular weight is 308 g/mol. The van der Waals surface area contributed by atoms with E-state index >= 15 is 0 Å². The van der Waals surface area contributed by atoms with Crippen molar-refractivity contribution in [2.24, 2.45) is 5.92 Å². The van der Waals surface area contributed by atoms with Gasteiger partial charge in [0.1, 0.15) is 5.76 Å². The van der Waals surface area contributed by atoms with Gasteiger partial charge < -0.3 is 14.8 Å². The Hall–Kier alpha value is -1.66. The number of carbonyl (C=O) groups is 1. The van der Waals surface area contributed by atoms with Crippen molar-refractivity contribution < 1.29 is 14.3 Å². The van der Waals surface area contributed by atoms with E-state index in [4.69, 9.17) is 4.42 Å². The third kappa shape index (κ3) is 4.68. The van der Waals surface area contributed by atoms with Crippen molar-refractivity contribution in [1.29, 1.82) is 0 Å². The first-order valence-corrected chi connectivity index (χ1v) is 7.73. The fourth-order valence-corrected chi connectivity index (χ4v) is 3.05. The summed E-state index contributed by atoms with van der Waals surface area (Å²) in [6.45, 7) is 4.30. The molecule has 0 saturated heterocycles. The summed E-state index contributed by atoms with van der Waals surface area (Å²) in [5, 5.41) is 13.2. The summed E-state index contributed by atoms with van der Waals surface area (Å²) in [5.74, 6) is 0.737. The van der Waals surface area contributed by atoms with Gasteiger partial charge in [0.15, 0.2) is 0 Å². The lowest BCUT2D eigenvalue weighted by atomic mass is 10.1. The molecule has 5 nitrogen and oxygen atoms in total. The molecule has 0 spiro atoms. The minimum Gasteiger partial charge on any atom is -0.469 e. The Bertz CT molecular complexity index is 578. The van der Waals surface area contributed by atoms with Gasteiger partial charge in [-0.3, -0.25) is 4.79 Å². The quantitative estimate of drug-likeness (QED) is 0.818. The van der Waals surface area contributed by atoms with E-state index in [1.807, 2.05) is 26.0 Å². The standard InChI is InChI=1S/C15H20N2O3S/c1-10-14(21-11(2)17-10)7-15(19)16-8-12(9-18)6-13-4-3-5-20-13/h3-5,12,18H,6-9H2,1-2H3,(H,16,19)/t12-/m0/s1. The van der Waals surface area contributed by atoms with Crippen molar-refractivity contribution in [2.75, 3.05) is 13.2 Å². The van der Waals surface area contributed by atoms with Crippen LogP contribution in [-0.2, 0) is 17.6 Å². The van der Waals surface area contributed by atoms with Crippen LogP contribution in [-0.4, -0.2) is 29.1 Å². The molecule has 2 N–H and O–H groups in total. The zero-order chi connectivity index (χ0) is 15.2. The minimum absolute atomic E-state index is 0.0136. The van der Waals surface area contributed by atoms with Gasteiger partial charge in [-0.2, -0.15) is 0 Å². The van der Waals surface area contributed by atoms with Crippen LogP contribution in [0, 0.1) is 19.8 Å². The summed E-state index contributed by atoms with van der Waals surface area (Å²) in [6.07, 6.45) is 2.57. The number of aromatic nitrogens is 1. The molecule has 2 aromatic rings. The van der Waals surface area contributed by atoms with Gasteiger partial charge in [-0.05, 0) is 26.0 Å². The Labute approximate surface area is 128 Å². The molecule has 2 aromatic heterocycles. The molecule has 114 valence electrons. The summed E-state index contributed by atoms with van der Waals surface area (Å²) in [5.41, 5.74) is 0.918. The Balaban J connectivity index is 1.80. The summed E-state index contributed by atoms with van der Waals surface area (Å²) < 4.78 is 5.26. The summed E-state index contributed by atoms with van der Waals surface area (Å²) in [7, 11) is 0. The van der Waals surface area contributed by atoms with Gasteiger partial charge in [0.05, 0.1) is 23.4 Å². The first kappa shape index (κ1) is 15.7. The number of hydrogen-bond donors (Lipinski definition) is 2. The predicted molar refractivity (Wildman–Crippen MR) is 81.3 cm³/mol. The van der Waals surface area contributed by atoms with E-state index in [-0.39, 0.29) is 18.4 Å². The second kappa shape index (κ2) is 7.38. The van der Waals surface area contributed by atoms with Crippen molar-refractivity contribution in [1.82, 2.24) is 10.3 Å². The molecule has 0 aliphatic carbocycles. The smallest absolute Gasteiger partial charge is 0.225 e. The molecule has 0 radical (unpaired) electrons. The van der Waals surface area contributed by atoms with E-state index in [0.29, 0.717) is 19.4 Å². The topological polar surface area (TPSA) is 75.4 Å². The maximum Gasteiger partial charge on any atom is 0.225 e. The number of furan rings is 1. The van der Waals surface area contributed by atoms with Gasteiger partial charge in [0, 0.05) is 30.4 Å². The van der Waals surface area contributed by atoms with Gasteiger partial charge in [0.25, 0.3) is 0 Å². The number of nitrogens with one attached hydrogen (secondary N) is 1. The fourth-order valence-electron chi connectivity index (χ4n) is 2.12. The third-order valence-corrected chi connectivity index (χ3v) is 4.31. The van der Waals surface area contributed by atoms with Crippen LogP contribution < -0.4 is 5.32 Å². The van der Waals surface area contributed by atoms with Crippen LogP contribution in [0.5, 0.6) is 0 Å². The molecule has 0 aromatic carbocycles. The summed E-state index contributed by atoms with van der Waals surface area (Å²) >= 11 is 1.55. The van der Waals surface area contributed by atoms with Gasteiger partial charge >= 0.3 is 0 Å². The molecule has 0 fully saturated rings. The minimum atomic E-state index is -0.0420. The zero-order valence-corrected chi connectivity index (χ0v) is 13.1. The number of rotatable bonds is 7. The number of aliphatic hydroxyl groups excluding tert-OH is 1. The average Bonchev–Trinajstić information content (AvgIpc) is 3.05. The molecule has 0 saturated carbocycles. The molecular formula is C15H20N2O3S. The van der Waals surface area contributed by atoms with Crippen molar-refractivity contribution in [2.45, 2.75) is 26.7 Å². The molecule has 0 bridgehead atoms. The molecule has 1 amide bonds.